The van der Waals surface area contributed by atoms with Crippen LogP contribution in [0.5, 0.6) is 0 Å². The third kappa shape index (κ3) is 2.73. The third-order valence-electron chi connectivity index (χ3n) is 2.43. The molecule has 0 bridgehead atoms. The average Bonchev–Trinajstić information content (AvgIpc) is 2.74. The van der Waals surface area contributed by atoms with Crippen molar-refractivity contribution in [3.8, 4) is 0 Å². The molecule has 7 heteroatoms. The van der Waals surface area contributed by atoms with Gasteiger partial charge in [-0.3, -0.25) is 0 Å². The van der Waals surface area contributed by atoms with Crippen LogP contribution in [0.25, 0.3) is 11.0 Å². The van der Waals surface area contributed by atoms with Crippen molar-refractivity contribution in [1.82, 2.24) is 4.98 Å². The van der Waals surface area contributed by atoms with E-state index < -0.39 is 12.7 Å². The maximum absolute atomic E-state index is 12.5. The summed E-state index contributed by atoms with van der Waals surface area (Å²) in [5, 5.41) is 0.551. The number of hydrogen-bond acceptors (Lipinski definition) is 4. The van der Waals surface area contributed by atoms with E-state index >= 15 is 0 Å². The highest BCUT2D eigenvalue weighted by Crippen LogP contribution is 2.27. The lowest BCUT2D eigenvalue weighted by Gasteiger charge is -2.24. The normalized spacial score (nSPS) is 12.0. The summed E-state index contributed by atoms with van der Waals surface area (Å²) in [7, 11) is 0. The smallest absolute Gasteiger partial charge is 0.405 e. The predicted octanol–water partition coefficient (Wildman–Crippen LogP) is 2.16. The molecule has 2 heterocycles. The van der Waals surface area contributed by atoms with Crippen molar-refractivity contribution >= 4 is 16.8 Å². The second-order valence-corrected chi connectivity index (χ2v) is 3.79. The second kappa shape index (κ2) is 4.85. The van der Waals surface area contributed by atoms with Gasteiger partial charge in [0.25, 0.3) is 0 Å². The molecule has 98 valence electrons. The molecule has 0 atom stereocenters. The number of hydrogen-bond donors (Lipinski definition) is 1. The third-order valence-corrected chi connectivity index (χ3v) is 2.43. The van der Waals surface area contributed by atoms with E-state index in [2.05, 4.69) is 4.98 Å². The molecular formula is C11H12F3N3O. The number of nitrogens with zero attached hydrogens (tertiary/aromatic N) is 2. The fourth-order valence-electron chi connectivity index (χ4n) is 1.76. The Balaban J connectivity index is 2.38. The van der Waals surface area contributed by atoms with Crippen LogP contribution in [-0.2, 0) is 0 Å². The fraction of sp³-hybridized carbons (Fsp3) is 0.364. The van der Waals surface area contributed by atoms with Gasteiger partial charge in [0.1, 0.15) is 17.9 Å². The minimum atomic E-state index is -4.30. The molecule has 2 aromatic heterocycles. The SMILES string of the molecule is NCCN(CC(F)(F)F)c1nccc2occc12. The van der Waals surface area contributed by atoms with Crippen LogP contribution < -0.4 is 10.6 Å². The molecule has 0 saturated heterocycles. The molecule has 0 saturated carbocycles. The Labute approximate surface area is 101 Å². The van der Waals surface area contributed by atoms with Crippen LogP contribution in [0, 0.1) is 0 Å². The molecule has 18 heavy (non-hydrogen) atoms. The summed E-state index contributed by atoms with van der Waals surface area (Å²) in [5.41, 5.74) is 5.85. The van der Waals surface area contributed by atoms with Gasteiger partial charge in [-0.1, -0.05) is 0 Å². The van der Waals surface area contributed by atoms with Crippen LogP contribution in [0.15, 0.2) is 29.0 Å². The zero-order chi connectivity index (χ0) is 13.2. The molecule has 0 radical (unpaired) electrons. The number of alkyl halides is 3. The van der Waals surface area contributed by atoms with Crippen molar-refractivity contribution in [3.05, 3.63) is 24.6 Å². The minimum Gasteiger partial charge on any atom is -0.464 e. The van der Waals surface area contributed by atoms with Gasteiger partial charge in [-0.25, -0.2) is 4.98 Å². The molecule has 2 N–H and O–H groups in total. The van der Waals surface area contributed by atoms with Crippen molar-refractivity contribution in [2.24, 2.45) is 5.73 Å². The van der Waals surface area contributed by atoms with E-state index in [1.54, 1.807) is 12.1 Å². The van der Waals surface area contributed by atoms with Crippen LogP contribution >= 0.6 is 0 Å². The van der Waals surface area contributed by atoms with Gasteiger partial charge in [0.15, 0.2) is 0 Å². The molecule has 2 aromatic rings. The fourth-order valence-corrected chi connectivity index (χ4v) is 1.76. The number of halogens is 3. The summed E-state index contributed by atoms with van der Waals surface area (Å²) in [6, 6.07) is 3.20. The van der Waals surface area contributed by atoms with E-state index in [4.69, 9.17) is 10.2 Å². The van der Waals surface area contributed by atoms with Crippen molar-refractivity contribution in [2.45, 2.75) is 6.18 Å². The second-order valence-electron chi connectivity index (χ2n) is 3.79. The zero-order valence-electron chi connectivity index (χ0n) is 9.44. The summed E-state index contributed by atoms with van der Waals surface area (Å²) in [5.74, 6) is 0.240. The Morgan fingerprint density at radius 1 is 1.33 bits per heavy atom. The maximum Gasteiger partial charge on any atom is 0.405 e. The number of anilines is 1. The number of fused-ring (bicyclic) bond motifs is 1. The summed E-state index contributed by atoms with van der Waals surface area (Å²) in [6.45, 7) is -0.885. The Morgan fingerprint density at radius 2 is 2.11 bits per heavy atom. The highest BCUT2D eigenvalue weighted by Gasteiger charge is 2.31. The van der Waals surface area contributed by atoms with Gasteiger partial charge in [0, 0.05) is 19.3 Å². The number of pyridine rings is 1. The Kier molecular flexibility index (Phi) is 3.42. The van der Waals surface area contributed by atoms with Gasteiger partial charge in [0.05, 0.1) is 11.6 Å². The van der Waals surface area contributed by atoms with Gasteiger partial charge in [-0.15, -0.1) is 0 Å². The summed E-state index contributed by atoms with van der Waals surface area (Å²) >= 11 is 0. The van der Waals surface area contributed by atoms with Crippen LogP contribution in [0.3, 0.4) is 0 Å². The number of aromatic nitrogens is 1. The molecule has 0 aliphatic rings. The predicted molar refractivity (Wildman–Crippen MR) is 61.3 cm³/mol. The standard InChI is InChI=1S/C11H12F3N3O/c12-11(13,14)7-17(5-3-15)10-8-2-6-18-9(8)1-4-16-10/h1-2,4,6H,3,5,7,15H2. The first-order valence-corrected chi connectivity index (χ1v) is 5.35. The van der Waals surface area contributed by atoms with Crippen LogP contribution in [-0.4, -0.2) is 30.8 Å². The van der Waals surface area contributed by atoms with E-state index in [1.807, 2.05) is 0 Å². The van der Waals surface area contributed by atoms with E-state index in [0.717, 1.165) is 4.90 Å². The number of nitrogens with two attached hydrogens (primary N) is 1. The maximum atomic E-state index is 12.5. The van der Waals surface area contributed by atoms with Gasteiger partial charge in [0.2, 0.25) is 0 Å². The molecule has 0 amide bonds. The lowest BCUT2D eigenvalue weighted by molar-refractivity contribution is -0.119. The van der Waals surface area contributed by atoms with Gasteiger partial charge >= 0.3 is 6.18 Å². The van der Waals surface area contributed by atoms with Crippen molar-refractivity contribution in [3.63, 3.8) is 0 Å². The number of rotatable bonds is 4. The molecule has 0 aliphatic heterocycles. The molecule has 0 aromatic carbocycles. The molecule has 0 spiro atoms. The first-order chi connectivity index (χ1) is 8.51. The monoisotopic (exact) mass is 259 g/mol. The Bertz CT molecular complexity index is 523. The molecule has 0 aliphatic carbocycles. The van der Waals surface area contributed by atoms with Gasteiger partial charge < -0.3 is 15.1 Å². The molecule has 0 unspecified atom stereocenters. The Morgan fingerprint density at radius 3 is 2.78 bits per heavy atom. The van der Waals surface area contributed by atoms with Gasteiger partial charge in [-0.05, 0) is 12.1 Å². The van der Waals surface area contributed by atoms with Crippen molar-refractivity contribution < 1.29 is 17.6 Å². The van der Waals surface area contributed by atoms with Crippen LogP contribution in [0.2, 0.25) is 0 Å². The Hall–Kier alpha value is -1.76. The van der Waals surface area contributed by atoms with E-state index in [0.29, 0.717) is 11.0 Å². The number of furan rings is 1. The summed E-state index contributed by atoms with van der Waals surface area (Å²) < 4.78 is 42.7. The highest BCUT2D eigenvalue weighted by atomic mass is 19.4. The lowest BCUT2D eigenvalue weighted by atomic mass is 10.3. The van der Waals surface area contributed by atoms with Gasteiger partial charge in [-0.2, -0.15) is 13.2 Å². The van der Waals surface area contributed by atoms with Crippen molar-refractivity contribution in [1.29, 1.82) is 0 Å². The first-order valence-electron chi connectivity index (χ1n) is 5.35. The average molecular weight is 259 g/mol. The molecule has 4 nitrogen and oxygen atoms in total. The van der Waals surface area contributed by atoms with E-state index in [1.165, 1.54) is 12.5 Å². The van der Waals surface area contributed by atoms with E-state index in [-0.39, 0.29) is 18.9 Å². The quantitative estimate of drug-likeness (QED) is 0.914. The first kappa shape index (κ1) is 12.7. The van der Waals surface area contributed by atoms with E-state index in [9.17, 15) is 13.2 Å². The summed E-state index contributed by atoms with van der Waals surface area (Å²) in [4.78, 5) is 5.10. The topological polar surface area (TPSA) is 55.3 Å². The lowest BCUT2D eigenvalue weighted by Crippen LogP contribution is -2.38. The van der Waals surface area contributed by atoms with Crippen molar-refractivity contribution in [2.75, 3.05) is 24.5 Å². The minimum absolute atomic E-state index is 0.0802. The zero-order valence-corrected chi connectivity index (χ0v) is 9.44. The highest BCUT2D eigenvalue weighted by molar-refractivity contribution is 5.88. The molecule has 2 rings (SSSR count). The van der Waals surface area contributed by atoms with Crippen LogP contribution in [0.4, 0.5) is 19.0 Å². The molecule has 0 fully saturated rings. The molecular weight excluding hydrogens is 247 g/mol. The summed E-state index contributed by atoms with van der Waals surface area (Å²) in [6.07, 6.45) is -1.46. The largest absolute Gasteiger partial charge is 0.464 e. The van der Waals surface area contributed by atoms with Crippen LogP contribution in [0.1, 0.15) is 0 Å².